The van der Waals surface area contributed by atoms with Crippen LogP contribution in [0.5, 0.6) is 0 Å². The molecule has 19 heavy (non-hydrogen) atoms. The molecule has 106 valence electrons. The Labute approximate surface area is 110 Å². The van der Waals surface area contributed by atoms with Crippen LogP contribution in [0.1, 0.15) is 20.8 Å². The lowest BCUT2D eigenvalue weighted by Crippen LogP contribution is -2.41. The van der Waals surface area contributed by atoms with E-state index in [0.29, 0.717) is 19.2 Å². The Morgan fingerprint density at radius 2 is 1.84 bits per heavy atom. The fourth-order valence-corrected chi connectivity index (χ4v) is 1.77. The van der Waals surface area contributed by atoms with E-state index in [2.05, 4.69) is 5.32 Å². The average molecular weight is 274 g/mol. The Balaban J connectivity index is 2.88. The van der Waals surface area contributed by atoms with Gasteiger partial charge in [-0.05, 0) is 20.8 Å². The van der Waals surface area contributed by atoms with Gasteiger partial charge in [-0.1, -0.05) is 0 Å². The molecule has 1 amide bonds. The number of hydrogen-bond donors (Lipinski definition) is 1. The summed E-state index contributed by atoms with van der Waals surface area (Å²) in [6.45, 7) is 6.18. The van der Waals surface area contributed by atoms with E-state index in [9.17, 15) is 18.0 Å². The minimum Gasteiger partial charge on any atom is -0.371 e. The van der Waals surface area contributed by atoms with Crippen molar-refractivity contribution in [2.45, 2.75) is 26.8 Å². The first-order valence-electron chi connectivity index (χ1n) is 6.10. The number of nitrogens with zero attached hydrogens (tertiary/aromatic N) is 1. The predicted molar refractivity (Wildman–Crippen MR) is 67.3 cm³/mol. The summed E-state index contributed by atoms with van der Waals surface area (Å²) in [5, 5.41) is 2.49. The molecule has 0 spiro atoms. The van der Waals surface area contributed by atoms with Gasteiger partial charge in [0.25, 0.3) is 0 Å². The molecule has 0 aromatic heterocycles. The Bertz CT molecular complexity index is 461. The molecule has 0 heterocycles. The zero-order valence-corrected chi connectivity index (χ0v) is 11.1. The molecule has 0 fully saturated rings. The molecule has 3 nitrogen and oxygen atoms in total. The van der Waals surface area contributed by atoms with E-state index in [1.54, 1.807) is 4.90 Å². The van der Waals surface area contributed by atoms with Crippen LogP contribution >= 0.6 is 0 Å². The van der Waals surface area contributed by atoms with Crippen molar-refractivity contribution in [1.29, 1.82) is 0 Å². The summed E-state index contributed by atoms with van der Waals surface area (Å²) < 4.78 is 39.5. The molecule has 1 rings (SSSR count). The smallest absolute Gasteiger partial charge is 0.244 e. The highest BCUT2D eigenvalue weighted by Gasteiger charge is 2.20. The van der Waals surface area contributed by atoms with Gasteiger partial charge >= 0.3 is 0 Å². The SMILES string of the molecule is CCN(CC)C(=O)C(C)Nc1cc(F)cc(F)c1F. The van der Waals surface area contributed by atoms with Crippen molar-refractivity contribution in [3.05, 3.63) is 29.6 Å². The second-order valence-corrected chi connectivity index (χ2v) is 4.13. The number of nitrogens with one attached hydrogen (secondary N) is 1. The highest BCUT2D eigenvalue weighted by atomic mass is 19.2. The second-order valence-electron chi connectivity index (χ2n) is 4.13. The second kappa shape index (κ2) is 6.45. The highest BCUT2D eigenvalue weighted by Crippen LogP contribution is 2.20. The van der Waals surface area contributed by atoms with E-state index in [-0.39, 0.29) is 11.6 Å². The Morgan fingerprint density at radius 1 is 1.26 bits per heavy atom. The molecule has 0 bridgehead atoms. The number of rotatable bonds is 5. The summed E-state index contributed by atoms with van der Waals surface area (Å²) in [6.07, 6.45) is 0. The van der Waals surface area contributed by atoms with Crippen LogP contribution in [0.2, 0.25) is 0 Å². The number of carbonyl (C=O) groups is 1. The van der Waals surface area contributed by atoms with Crippen LogP contribution in [0, 0.1) is 17.5 Å². The molecule has 1 N–H and O–H groups in total. The third-order valence-corrected chi connectivity index (χ3v) is 2.81. The molecular weight excluding hydrogens is 257 g/mol. The summed E-state index contributed by atoms with van der Waals surface area (Å²) in [7, 11) is 0. The van der Waals surface area contributed by atoms with E-state index in [1.807, 2.05) is 13.8 Å². The van der Waals surface area contributed by atoms with E-state index >= 15 is 0 Å². The number of hydrogen-bond acceptors (Lipinski definition) is 2. The van der Waals surface area contributed by atoms with E-state index in [1.165, 1.54) is 6.92 Å². The van der Waals surface area contributed by atoms with Crippen molar-refractivity contribution < 1.29 is 18.0 Å². The van der Waals surface area contributed by atoms with E-state index in [4.69, 9.17) is 0 Å². The number of likely N-dealkylation sites (N-methyl/N-ethyl adjacent to an activating group) is 1. The van der Waals surface area contributed by atoms with Crippen molar-refractivity contribution in [3.63, 3.8) is 0 Å². The Morgan fingerprint density at radius 3 is 2.37 bits per heavy atom. The maximum Gasteiger partial charge on any atom is 0.244 e. The molecule has 1 atom stereocenters. The molecule has 0 radical (unpaired) electrons. The molecule has 0 aliphatic heterocycles. The zero-order chi connectivity index (χ0) is 14.6. The topological polar surface area (TPSA) is 32.3 Å². The lowest BCUT2D eigenvalue weighted by Gasteiger charge is -2.24. The van der Waals surface area contributed by atoms with Gasteiger partial charge in [0, 0.05) is 25.2 Å². The van der Waals surface area contributed by atoms with E-state index in [0.717, 1.165) is 6.07 Å². The minimum absolute atomic E-state index is 0.255. The van der Waals surface area contributed by atoms with Gasteiger partial charge in [0.1, 0.15) is 11.9 Å². The monoisotopic (exact) mass is 274 g/mol. The Hall–Kier alpha value is -1.72. The summed E-state index contributed by atoms with van der Waals surface area (Å²) >= 11 is 0. The van der Waals surface area contributed by atoms with Crippen molar-refractivity contribution in [3.8, 4) is 0 Å². The maximum atomic E-state index is 13.4. The van der Waals surface area contributed by atoms with Crippen molar-refractivity contribution in [2.24, 2.45) is 0 Å². The van der Waals surface area contributed by atoms with Gasteiger partial charge in [-0.15, -0.1) is 0 Å². The average Bonchev–Trinajstić information content (AvgIpc) is 2.36. The van der Waals surface area contributed by atoms with Crippen molar-refractivity contribution in [2.75, 3.05) is 18.4 Å². The summed E-state index contributed by atoms with van der Waals surface area (Å²) in [4.78, 5) is 13.5. The largest absolute Gasteiger partial charge is 0.371 e. The number of carbonyl (C=O) groups excluding carboxylic acids is 1. The third-order valence-electron chi connectivity index (χ3n) is 2.81. The minimum atomic E-state index is -1.29. The number of amides is 1. The quantitative estimate of drug-likeness (QED) is 0.837. The van der Waals surface area contributed by atoms with Gasteiger partial charge in [0.05, 0.1) is 5.69 Å². The molecule has 1 unspecified atom stereocenters. The number of halogens is 3. The molecule has 0 aliphatic rings. The van der Waals surface area contributed by atoms with Crippen LogP contribution in [0.25, 0.3) is 0 Å². The van der Waals surface area contributed by atoms with Gasteiger partial charge in [0.15, 0.2) is 11.6 Å². The molecule has 0 aliphatic carbocycles. The van der Waals surface area contributed by atoms with Crippen LogP contribution in [0.15, 0.2) is 12.1 Å². The fourth-order valence-electron chi connectivity index (χ4n) is 1.77. The van der Waals surface area contributed by atoms with E-state index < -0.39 is 23.5 Å². The first-order chi connectivity index (χ1) is 8.90. The fraction of sp³-hybridized carbons (Fsp3) is 0.462. The first-order valence-corrected chi connectivity index (χ1v) is 6.10. The van der Waals surface area contributed by atoms with Gasteiger partial charge in [-0.3, -0.25) is 4.79 Å². The van der Waals surface area contributed by atoms with Gasteiger partial charge in [-0.2, -0.15) is 0 Å². The third kappa shape index (κ3) is 3.62. The molecular formula is C13H17F3N2O. The van der Waals surface area contributed by atoms with Crippen LogP contribution in [0.3, 0.4) is 0 Å². The molecule has 1 aromatic carbocycles. The molecule has 6 heteroatoms. The Kier molecular flexibility index (Phi) is 5.20. The molecule has 0 saturated carbocycles. The summed E-state index contributed by atoms with van der Waals surface area (Å²) in [5.74, 6) is -3.64. The van der Waals surface area contributed by atoms with Gasteiger partial charge in [0.2, 0.25) is 5.91 Å². The van der Waals surface area contributed by atoms with Crippen LogP contribution in [-0.2, 0) is 4.79 Å². The summed E-state index contributed by atoms with van der Waals surface area (Å²) in [5.41, 5.74) is -0.356. The predicted octanol–water partition coefficient (Wildman–Crippen LogP) is 2.77. The molecule has 0 saturated heterocycles. The normalized spacial score (nSPS) is 12.1. The highest BCUT2D eigenvalue weighted by molar-refractivity contribution is 5.84. The van der Waals surface area contributed by atoms with Crippen LogP contribution in [-0.4, -0.2) is 29.9 Å². The summed E-state index contributed by atoms with van der Waals surface area (Å²) in [6, 6.07) is 0.512. The van der Waals surface area contributed by atoms with Crippen molar-refractivity contribution in [1.82, 2.24) is 4.90 Å². The first kappa shape index (κ1) is 15.3. The number of benzene rings is 1. The number of anilines is 1. The van der Waals surface area contributed by atoms with Crippen molar-refractivity contribution >= 4 is 11.6 Å². The van der Waals surface area contributed by atoms with Gasteiger partial charge in [-0.25, -0.2) is 13.2 Å². The lowest BCUT2D eigenvalue weighted by atomic mass is 10.2. The molecule has 1 aromatic rings. The zero-order valence-electron chi connectivity index (χ0n) is 11.1. The van der Waals surface area contributed by atoms with Crippen LogP contribution in [0.4, 0.5) is 18.9 Å². The maximum absolute atomic E-state index is 13.4. The lowest BCUT2D eigenvalue weighted by molar-refractivity contribution is -0.131. The van der Waals surface area contributed by atoms with Gasteiger partial charge < -0.3 is 10.2 Å². The van der Waals surface area contributed by atoms with Crippen LogP contribution < -0.4 is 5.32 Å². The standard InChI is InChI=1S/C13H17F3N2O/c1-4-18(5-2)13(19)8(3)17-11-7-9(14)6-10(15)12(11)16/h6-8,17H,4-5H2,1-3H3.